The summed E-state index contributed by atoms with van der Waals surface area (Å²) in [5.41, 5.74) is 1.50. The molecule has 1 aromatic heterocycles. The monoisotopic (exact) mass is 550 g/mol. The molecule has 2 rings (SSSR count). The molecule has 0 saturated carbocycles. The summed E-state index contributed by atoms with van der Waals surface area (Å²) in [7, 11) is 4.86. The Morgan fingerprint density at radius 1 is 1.11 bits per heavy atom. The van der Waals surface area contributed by atoms with Gasteiger partial charge < -0.3 is 19.0 Å². The van der Waals surface area contributed by atoms with Crippen molar-refractivity contribution in [2.75, 3.05) is 57.9 Å². The van der Waals surface area contributed by atoms with E-state index in [9.17, 15) is 4.79 Å². The number of carbonyl (C=O) groups is 1. The predicted molar refractivity (Wildman–Crippen MR) is 149 cm³/mol. The van der Waals surface area contributed by atoms with Crippen molar-refractivity contribution >= 4 is 47.0 Å². The Kier molecular flexibility index (Phi) is 14.4. The zero-order valence-corrected chi connectivity index (χ0v) is 22.8. The van der Waals surface area contributed by atoms with E-state index >= 15 is 0 Å². The van der Waals surface area contributed by atoms with Crippen LogP contribution in [0.3, 0.4) is 0 Å². The smallest absolute Gasteiger partial charge is 0.412 e. The fraction of sp³-hybridized carbons (Fsp3) is 0.417. The van der Waals surface area contributed by atoms with Crippen LogP contribution >= 0.6 is 23.5 Å². The number of methoxy groups -OCH3 is 2. The van der Waals surface area contributed by atoms with E-state index in [-0.39, 0.29) is 29.3 Å². The zero-order valence-electron chi connectivity index (χ0n) is 21.2. The highest BCUT2D eigenvalue weighted by Gasteiger charge is 2.15. The first-order valence-electron chi connectivity index (χ1n) is 11.4. The normalized spacial score (nSPS) is 11.3. The maximum atomic E-state index is 12.4. The van der Waals surface area contributed by atoms with Crippen LogP contribution in [0.5, 0.6) is 0 Å². The van der Waals surface area contributed by atoms with Crippen LogP contribution in [0.2, 0.25) is 0 Å². The number of thioether (sulfide) groups is 2. The number of likely N-dealkylation sites (N-methyl/N-ethyl adjacent to an activating group) is 1. The molecule has 1 aromatic carbocycles. The molecule has 202 valence electrons. The van der Waals surface area contributed by atoms with Crippen molar-refractivity contribution in [3.05, 3.63) is 59.8 Å². The highest BCUT2D eigenvalue weighted by Crippen LogP contribution is 2.24. The van der Waals surface area contributed by atoms with E-state index in [1.165, 1.54) is 0 Å². The lowest BCUT2D eigenvalue weighted by atomic mass is 10.1. The lowest BCUT2D eigenvalue weighted by Gasteiger charge is -2.16. The number of amides is 1. The number of hydrogen-bond acceptors (Lipinski definition) is 11. The molecular formula is C24H34N6O5S2. The van der Waals surface area contributed by atoms with Gasteiger partial charge in [-0.2, -0.15) is 0 Å². The average Bonchev–Trinajstić information content (AvgIpc) is 2.90. The SMILES string of the molecule is COCCSC(COC(=O)Nc1cccc(CO/N=C(\C(=N)N(C)N)c2ccccc2)n1)SCCOC. The summed E-state index contributed by atoms with van der Waals surface area (Å²) in [5.74, 6) is 7.63. The zero-order chi connectivity index (χ0) is 26.9. The van der Waals surface area contributed by atoms with Gasteiger partial charge in [-0.25, -0.2) is 15.6 Å². The molecule has 0 radical (unpaired) electrons. The molecule has 4 N–H and O–H groups in total. The van der Waals surface area contributed by atoms with Gasteiger partial charge in [-0.05, 0) is 12.1 Å². The van der Waals surface area contributed by atoms with Crippen LogP contribution < -0.4 is 11.2 Å². The van der Waals surface area contributed by atoms with Crippen LogP contribution in [0.4, 0.5) is 10.6 Å². The summed E-state index contributed by atoms with van der Waals surface area (Å²) in [6.07, 6.45) is -0.598. The predicted octanol–water partition coefficient (Wildman–Crippen LogP) is 3.42. The topological polar surface area (TPSA) is 144 Å². The molecule has 0 aliphatic rings. The molecule has 0 fully saturated rings. The van der Waals surface area contributed by atoms with Gasteiger partial charge in [0.2, 0.25) is 0 Å². The van der Waals surface area contributed by atoms with Crippen molar-refractivity contribution in [3.8, 4) is 0 Å². The second kappa shape index (κ2) is 17.6. The Morgan fingerprint density at radius 2 is 1.78 bits per heavy atom. The van der Waals surface area contributed by atoms with Crippen LogP contribution in [0, 0.1) is 5.41 Å². The largest absolute Gasteiger partial charge is 0.447 e. The number of nitrogens with two attached hydrogens (primary N) is 1. The highest BCUT2D eigenvalue weighted by molar-refractivity contribution is 8.17. The number of benzene rings is 1. The third-order valence-electron chi connectivity index (χ3n) is 4.56. The van der Waals surface area contributed by atoms with Gasteiger partial charge in [-0.15, -0.1) is 23.5 Å². The molecule has 0 atom stereocenters. The number of oxime groups is 1. The number of nitrogens with one attached hydrogen (secondary N) is 2. The highest BCUT2D eigenvalue weighted by atomic mass is 32.2. The molecule has 0 aliphatic heterocycles. The number of amidine groups is 1. The Balaban J connectivity index is 1.92. The van der Waals surface area contributed by atoms with Gasteiger partial charge in [0.1, 0.15) is 12.4 Å². The first kappa shape index (κ1) is 30.4. The number of anilines is 1. The molecule has 1 amide bonds. The fourth-order valence-electron chi connectivity index (χ4n) is 2.74. The molecule has 11 nitrogen and oxygen atoms in total. The van der Waals surface area contributed by atoms with E-state index in [0.29, 0.717) is 30.3 Å². The molecule has 0 bridgehead atoms. The summed E-state index contributed by atoms with van der Waals surface area (Å²) in [5, 5.41) is 16.1. The lowest BCUT2D eigenvalue weighted by molar-refractivity contribution is 0.128. The number of ether oxygens (including phenoxy) is 3. The van der Waals surface area contributed by atoms with Crippen molar-refractivity contribution in [2.45, 2.75) is 11.2 Å². The van der Waals surface area contributed by atoms with Gasteiger partial charge in [0, 0.05) is 38.3 Å². The average molecular weight is 551 g/mol. The van der Waals surface area contributed by atoms with Crippen LogP contribution in [-0.4, -0.2) is 84.8 Å². The van der Waals surface area contributed by atoms with Crippen LogP contribution in [0.15, 0.2) is 53.7 Å². The molecule has 0 spiro atoms. The third kappa shape index (κ3) is 11.8. The van der Waals surface area contributed by atoms with Gasteiger partial charge in [0.15, 0.2) is 18.2 Å². The number of carbonyl (C=O) groups excluding carboxylic acids is 1. The second-order valence-electron chi connectivity index (χ2n) is 7.43. The number of pyridine rings is 1. The third-order valence-corrected chi connectivity index (χ3v) is 7.20. The van der Waals surface area contributed by atoms with Crippen LogP contribution in [0.25, 0.3) is 0 Å². The Labute approximate surface area is 225 Å². The van der Waals surface area contributed by atoms with Crippen molar-refractivity contribution in [2.24, 2.45) is 11.0 Å². The number of aromatic nitrogens is 1. The quantitative estimate of drug-likeness (QED) is 0.0710. The standard InChI is InChI=1S/C24H34N6O5S2/c1-30(26)23(25)22(18-8-5-4-6-9-18)29-35-16-19-10-7-11-20(27-19)28-24(31)34-17-21(36-14-12-32-2)37-15-13-33-3/h4-11,21,25H,12-17,26H2,1-3H3,(H,27,28,31)/b25-23?,29-22-. The Hall–Kier alpha value is -2.84. The Morgan fingerprint density at radius 3 is 2.41 bits per heavy atom. The van der Waals surface area contributed by atoms with E-state index in [1.807, 2.05) is 30.3 Å². The minimum absolute atomic E-state index is 0.00334. The van der Waals surface area contributed by atoms with E-state index < -0.39 is 6.09 Å². The van der Waals surface area contributed by atoms with Gasteiger partial charge in [0.05, 0.1) is 23.5 Å². The van der Waals surface area contributed by atoms with Crippen LogP contribution in [0.1, 0.15) is 11.3 Å². The minimum atomic E-state index is -0.598. The van der Waals surface area contributed by atoms with Gasteiger partial charge in [-0.1, -0.05) is 41.6 Å². The van der Waals surface area contributed by atoms with Gasteiger partial charge in [-0.3, -0.25) is 15.7 Å². The van der Waals surface area contributed by atoms with Crippen molar-refractivity contribution in [3.63, 3.8) is 0 Å². The molecule has 37 heavy (non-hydrogen) atoms. The first-order chi connectivity index (χ1) is 17.9. The molecule has 2 aromatic rings. The molecule has 0 aliphatic carbocycles. The summed E-state index contributed by atoms with van der Waals surface area (Å²) >= 11 is 3.34. The van der Waals surface area contributed by atoms with E-state index in [4.69, 9.17) is 30.3 Å². The maximum Gasteiger partial charge on any atom is 0.412 e. The number of rotatable bonds is 16. The number of hydrogen-bond donors (Lipinski definition) is 3. The number of hydrazine groups is 1. The van der Waals surface area contributed by atoms with Gasteiger partial charge in [0.25, 0.3) is 0 Å². The number of nitrogens with zero attached hydrogens (tertiary/aromatic N) is 3. The van der Waals surface area contributed by atoms with Gasteiger partial charge >= 0.3 is 6.09 Å². The summed E-state index contributed by atoms with van der Waals surface area (Å²) < 4.78 is 15.7. The molecular weight excluding hydrogens is 516 g/mol. The summed E-state index contributed by atoms with van der Waals surface area (Å²) in [6, 6.07) is 14.3. The van der Waals surface area contributed by atoms with Crippen molar-refractivity contribution < 1.29 is 23.8 Å². The van der Waals surface area contributed by atoms with Crippen molar-refractivity contribution in [1.29, 1.82) is 5.41 Å². The van der Waals surface area contributed by atoms with Crippen LogP contribution in [-0.2, 0) is 25.7 Å². The maximum absolute atomic E-state index is 12.4. The summed E-state index contributed by atoms with van der Waals surface area (Å²) in [4.78, 5) is 22.2. The molecule has 0 unspecified atom stereocenters. The van der Waals surface area contributed by atoms with E-state index in [0.717, 1.165) is 16.5 Å². The minimum Gasteiger partial charge on any atom is -0.447 e. The molecule has 13 heteroatoms. The lowest BCUT2D eigenvalue weighted by Crippen LogP contribution is -2.38. The fourth-order valence-corrected chi connectivity index (χ4v) is 5.09. The van der Waals surface area contributed by atoms with E-state index in [2.05, 4.69) is 15.5 Å². The first-order valence-corrected chi connectivity index (χ1v) is 13.5. The van der Waals surface area contributed by atoms with E-state index in [1.54, 1.807) is 63.0 Å². The second-order valence-corrected chi connectivity index (χ2v) is 10.4. The summed E-state index contributed by atoms with van der Waals surface area (Å²) in [6.45, 7) is 1.50. The Bertz CT molecular complexity index is 987. The molecule has 1 heterocycles. The van der Waals surface area contributed by atoms with Crippen molar-refractivity contribution in [1.82, 2.24) is 9.99 Å². The molecule has 0 saturated heterocycles.